The number of aliphatic hydroxyl groups excluding tert-OH is 1. The summed E-state index contributed by atoms with van der Waals surface area (Å²) in [4.78, 5) is 38.0. The molecule has 2 aliphatic heterocycles. The number of likely N-dealkylation sites (tertiary alicyclic amines) is 1. The van der Waals surface area contributed by atoms with E-state index in [0.717, 1.165) is 36.1 Å². The molecule has 2 heterocycles. The number of esters is 1. The maximum Gasteiger partial charge on any atom is 0.323 e. The molecule has 0 radical (unpaired) electrons. The number of hydrogen-bond acceptors (Lipinski definition) is 8. The van der Waals surface area contributed by atoms with Crippen molar-refractivity contribution in [3.8, 4) is 0 Å². The standard InChI is InChI=1S/C32H42N2O8/c1-32(2,3)42-30(39)26-6-5-17-34(26)19-25-18-27(22-11-9-21(20-35)10-12-22)41-31(40-25)23-13-15-24(16-14-23)33-28(36)7-4-8-29(37)38/h9-16,25-27,31,35H,4-8,17-20H2,1-3H3,(H,33,36)(H,37,38)/t25-,26-,27+,31+/m0/s1. The lowest BCUT2D eigenvalue weighted by Gasteiger charge is -2.38. The minimum absolute atomic E-state index is 0.0381. The van der Waals surface area contributed by atoms with Gasteiger partial charge in [0.25, 0.3) is 0 Å². The highest BCUT2D eigenvalue weighted by atomic mass is 16.7. The number of carboxylic acids is 1. The maximum atomic E-state index is 12.9. The number of carbonyl (C=O) groups is 3. The van der Waals surface area contributed by atoms with Crippen molar-refractivity contribution in [2.75, 3.05) is 18.4 Å². The highest BCUT2D eigenvalue weighted by molar-refractivity contribution is 5.90. The first kappa shape index (κ1) is 31.6. The van der Waals surface area contributed by atoms with Crippen LogP contribution >= 0.6 is 0 Å². The molecule has 10 heteroatoms. The van der Waals surface area contributed by atoms with Gasteiger partial charge >= 0.3 is 11.9 Å². The third-order valence-corrected chi connectivity index (χ3v) is 7.36. The number of benzene rings is 2. The van der Waals surface area contributed by atoms with E-state index in [1.807, 2.05) is 57.2 Å². The van der Waals surface area contributed by atoms with Crippen molar-refractivity contribution in [2.45, 2.75) is 96.0 Å². The fourth-order valence-electron chi connectivity index (χ4n) is 5.32. The molecule has 2 fully saturated rings. The number of aliphatic carboxylic acids is 1. The highest BCUT2D eigenvalue weighted by Crippen LogP contribution is 2.39. The third kappa shape index (κ3) is 9.09. The number of amides is 1. The fourth-order valence-corrected chi connectivity index (χ4v) is 5.32. The summed E-state index contributed by atoms with van der Waals surface area (Å²) in [6, 6.07) is 14.6. The second-order valence-electron chi connectivity index (χ2n) is 12.0. The van der Waals surface area contributed by atoms with Crippen LogP contribution in [0.2, 0.25) is 0 Å². The van der Waals surface area contributed by atoms with Gasteiger partial charge in [0.2, 0.25) is 5.91 Å². The molecular weight excluding hydrogens is 540 g/mol. The molecule has 42 heavy (non-hydrogen) atoms. The summed E-state index contributed by atoms with van der Waals surface area (Å²) in [6.07, 6.45) is 1.44. The maximum absolute atomic E-state index is 12.9. The first-order chi connectivity index (χ1) is 20.0. The predicted molar refractivity (Wildman–Crippen MR) is 155 cm³/mol. The topological polar surface area (TPSA) is 135 Å². The number of ether oxygens (including phenoxy) is 3. The van der Waals surface area contributed by atoms with Gasteiger partial charge in [-0.2, -0.15) is 0 Å². The smallest absolute Gasteiger partial charge is 0.323 e. The van der Waals surface area contributed by atoms with Crippen molar-refractivity contribution in [1.29, 1.82) is 0 Å². The first-order valence-corrected chi connectivity index (χ1v) is 14.6. The molecule has 4 atom stereocenters. The molecule has 2 saturated heterocycles. The van der Waals surface area contributed by atoms with E-state index in [4.69, 9.17) is 19.3 Å². The molecule has 10 nitrogen and oxygen atoms in total. The van der Waals surface area contributed by atoms with Gasteiger partial charge in [0.1, 0.15) is 11.6 Å². The van der Waals surface area contributed by atoms with E-state index in [-0.39, 0.29) is 56.0 Å². The van der Waals surface area contributed by atoms with Crippen LogP contribution in [0.15, 0.2) is 48.5 Å². The summed E-state index contributed by atoms with van der Waals surface area (Å²) in [6.45, 7) is 6.92. The molecule has 2 aliphatic rings. The Balaban J connectivity index is 1.47. The van der Waals surface area contributed by atoms with Crippen LogP contribution in [-0.2, 0) is 35.2 Å². The van der Waals surface area contributed by atoms with Gasteiger partial charge in [-0.15, -0.1) is 0 Å². The molecule has 4 rings (SSSR count). The largest absolute Gasteiger partial charge is 0.481 e. The Kier molecular flexibility index (Phi) is 10.7. The number of carbonyl (C=O) groups excluding carboxylic acids is 2. The Morgan fingerprint density at radius 1 is 1.00 bits per heavy atom. The lowest BCUT2D eigenvalue weighted by molar-refractivity contribution is -0.253. The Morgan fingerprint density at radius 3 is 2.33 bits per heavy atom. The quantitative estimate of drug-likeness (QED) is 0.322. The summed E-state index contributed by atoms with van der Waals surface area (Å²) in [5.41, 5.74) is 2.62. The SMILES string of the molecule is CC(C)(C)OC(=O)[C@@H]1CCCN1C[C@@H]1C[C@H](c2ccc(CO)cc2)O[C@H](c2ccc(NC(=O)CCCC(=O)O)cc2)O1. The molecule has 0 bridgehead atoms. The van der Waals surface area contributed by atoms with E-state index in [2.05, 4.69) is 10.2 Å². The van der Waals surface area contributed by atoms with E-state index >= 15 is 0 Å². The van der Waals surface area contributed by atoms with E-state index in [0.29, 0.717) is 18.7 Å². The Hall–Kier alpha value is -3.31. The van der Waals surface area contributed by atoms with E-state index in [9.17, 15) is 19.5 Å². The van der Waals surface area contributed by atoms with Crippen LogP contribution in [-0.4, -0.2) is 63.8 Å². The predicted octanol–water partition coefficient (Wildman–Crippen LogP) is 4.72. The van der Waals surface area contributed by atoms with Crippen molar-refractivity contribution in [1.82, 2.24) is 4.90 Å². The van der Waals surface area contributed by atoms with Crippen molar-refractivity contribution < 1.29 is 38.8 Å². The highest BCUT2D eigenvalue weighted by Gasteiger charge is 2.38. The second kappa shape index (κ2) is 14.2. The molecule has 0 aromatic heterocycles. The van der Waals surface area contributed by atoms with Crippen LogP contribution in [0.3, 0.4) is 0 Å². The fraction of sp³-hybridized carbons (Fsp3) is 0.531. The monoisotopic (exact) mass is 582 g/mol. The van der Waals surface area contributed by atoms with Gasteiger partial charge in [0, 0.05) is 37.1 Å². The zero-order valence-electron chi connectivity index (χ0n) is 24.6. The lowest BCUT2D eigenvalue weighted by atomic mass is 9.99. The second-order valence-corrected chi connectivity index (χ2v) is 12.0. The molecule has 0 unspecified atom stereocenters. The molecule has 0 spiro atoms. The summed E-state index contributed by atoms with van der Waals surface area (Å²) in [5, 5.41) is 21.0. The van der Waals surface area contributed by atoms with Crippen molar-refractivity contribution >= 4 is 23.5 Å². The van der Waals surface area contributed by atoms with Crippen LogP contribution in [0.25, 0.3) is 0 Å². The number of anilines is 1. The van der Waals surface area contributed by atoms with Crippen LogP contribution in [0.5, 0.6) is 0 Å². The number of nitrogens with one attached hydrogen (secondary N) is 1. The van der Waals surface area contributed by atoms with Crippen LogP contribution in [0.1, 0.15) is 88.4 Å². The summed E-state index contributed by atoms with van der Waals surface area (Å²) in [5.74, 6) is -1.38. The van der Waals surface area contributed by atoms with Crippen LogP contribution in [0, 0.1) is 0 Å². The number of hydrogen-bond donors (Lipinski definition) is 3. The van der Waals surface area contributed by atoms with Gasteiger partial charge in [-0.25, -0.2) is 0 Å². The van der Waals surface area contributed by atoms with Gasteiger partial charge in [0.15, 0.2) is 6.29 Å². The Labute approximate surface area is 246 Å². The molecular formula is C32H42N2O8. The van der Waals surface area contributed by atoms with E-state index in [1.165, 1.54) is 0 Å². The van der Waals surface area contributed by atoms with Crippen molar-refractivity contribution in [3.05, 3.63) is 65.2 Å². The molecule has 2 aromatic carbocycles. The van der Waals surface area contributed by atoms with Gasteiger partial charge in [-0.05, 0) is 69.8 Å². The molecule has 0 saturated carbocycles. The van der Waals surface area contributed by atoms with Crippen LogP contribution < -0.4 is 5.32 Å². The summed E-state index contributed by atoms with van der Waals surface area (Å²) in [7, 11) is 0. The molecule has 1 amide bonds. The minimum atomic E-state index is -0.925. The number of carboxylic acid groups (broad SMARTS) is 1. The molecule has 3 N–H and O–H groups in total. The van der Waals surface area contributed by atoms with Gasteiger partial charge in [-0.1, -0.05) is 36.4 Å². The minimum Gasteiger partial charge on any atom is -0.481 e. The van der Waals surface area contributed by atoms with Crippen LogP contribution in [0.4, 0.5) is 5.69 Å². The average Bonchev–Trinajstić information content (AvgIpc) is 3.40. The van der Waals surface area contributed by atoms with Gasteiger partial charge < -0.3 is 29.7 Å². The van der Waals surface area contributed by atoms with Crippen molar-refractivity contribution in [2.24, 2.45) is 0 Å². The third-order valence-electron chi connectivity index (χ3n) is 7.36. The first-order valence-electron chi connectivity index (χ1n) is 14.6. The van der Waals surface area contributed by atoms with Gasteiger partial charge in [0.05, 0.1) is 18.8 Å². The normalized spacial score (nSPS) is 23.0. The van der Waals surface area contributed by atoms with Crippen molar-refractivity contribution in [3.63, 3.8) is 0 Å². The molecule has 228 valence electrons. The lowest BCUT2D eigenvalue weighted by Crippen LogP contribution is -2.45. The Morgan fingerprint density at radius 2 is 1.69 bits per heavy atom. The zero-order valence-corrected chi connectivity index (χ0v) is 24.6. The Bertz CT molecular complexity index is 1210. The molecule has 0 aliphatic carbocycles. The number of nitrogens with zero attached hydrogens (tertiary/aromatic N) is 1. The zero-order chi connectivity index (χ0) is 30.3. The van der Waals surface area contributed by atoms with E-state index < -0.39 is 17.9 Å². The summed E-state index contributed by atoms with van der Waals surface area (Å²) < 4.78 is 18.6. The van der Waals surface area contributed by atoms with Gasteiger partial charge in [-0.3, -0.25) is 19.3 Å². The average molecular weight is 583 g/mol. The molecule has 2 aromatic rings. The summed E-state index contributed by atoms with van der Waals surface area (Å²) >= 11 is 0. The number of rotatable bonds is 11. The van der Waals surface area contributed by atoms with E-state index in [1.54, 1.807) is 12.1 Å². The number of aliphatic hydroxyl groups is 1.